The van der Waals surface area contributed by atoms with Crippen LogP contribution in [0.3, 0.4) is 0 Å². The van der Waals surface area contributed by atoms with Crippen LogP contribution in [0, 0.1) is 11.8 Å². The SMILES string of the molecule is CC(C)C1CCN(c2nc(CN)cc3ccccc23)C1. The van der Waals surface area contributed by atoms with E-state index in [-0.39, 0.29) is 0 Å². The van der Waals surface area contributed by atoms with Crippen LogP contribution < -0.4 is 10.6 Å². The lowest BCUT2D eigenvalue weighted by Gasteiger charge is -2.21. The number of pyridine rings is 1. The number of hydrogen-bond acceptors (Lipinski definition) is 3. The van der Waals surface area contributed by atoms with Gasteiger partial charge in [-0.15, -0.1) is 0 Å². The highest BCUT2D eigenvalue weighted by Gasteiger charge is 2.26. The van der Waals surface area contributed by atoms with Crippen LogP contribution in [0.2, 0.25) is 0 Å². The highest BCUT2D eigenvalue weighted by atomic mass is 15.2. The molecule has 0 amide bonds. The number of rotatable bonds is 3. The molecule has 0 radical (unpaired) electrons. The normalized spacial score (nSPS) is 19.2. The van der Waals surface area contributed by atoms with Crippen LogP contribution in [0.5, 0.6) is 0 Å². The molecule has 2 N–H and O–H groups in total. The average molecular weight is 269 g/mol. The number of benzene rings is 1. The molecule has 1 atom stereocenters. The van der Waals surface area contributed by atoms with Crippen molar-refractivity contribution < 1.29 is 0 Å². The summed E-state index contributed by atoms with van der Waals surface area (Å²) in [6.07, 6.45) is 1.26. The zero-order chi connectivity index (χ0) is 14.1. The molecule has 0 saturated carbocycles. The van der Waals surface area contributed by atoms with E-state index in [1.807, 2.05) is 0 Å². The molecule has 2 heterocycles. The molecule has 1 aromatic heterocycles. The molecule has 0 bridgehead atoms. The summed E-state index contributed by atoms with van der Waals surface area (Å²) in [7, 11) is 0. The summed E-state index contributed by atoms with van der Waals surface area (Å²) in [4.78, 5) is 7.23. The summed E-state index contributed by atoms with van der Waals surface area (Å²) >= 11 is 0. The van der Waals surface area contributed by atoms with Crippen molar-refractivity contribution in [3.8, 4) is 0 Å². The predicted molar refractivity (Wildman–Crippen MR) is 84.8 cm³/mol. The smallest absolute Gasteiger partial charge is 0.136 e. The Morgan fingerprint density at radius 2 is 2.15 bits per heavy atom. The van der Waals surface area contributed by atoms with Gasteiger partial charge in [0.25, 0.3) is 0 Å². The van der Waals surface area contributed by atoms with Crippen molar-refractivity contribution in [2.45, 2.75) is 26.8 Å². The number of anilines is 1. The summed E-state index contributed by atoms with van der Waals surface area (Å²) in [6.45, 7) is 7.35. The van der Waals surface area contributed by atoms with E-state index in [0.29, 0.717) is 6.54 Å². The average Bonchev–Trinajstić information content (AvgIpc) is 2.96. The summed E-state index contributed by atoms with van der Waals surface area (Å²) in [6, 6.07) is 10.6. The molecule has 1 fully saturated rings. The van der Waals surface area contributed by atoms with Gasteiger partial charge in [0.2, 0.25) is 0 Å². The molecule has 0 aliphatic carbocycles. The predicted octanol–water partition coefficient (Wildman–Crippen LogP) is 3.18. The van der Waals surface area contributed by atoms with Gasteiger partial charge in [0, 0.05) is 25.0 Å². The van der Waals surface area contributed by atoms with E-state index in [1.165, 1.54) is 17.2 Å². The first kappa shape index (κ1) is 13.4. The van der Waals surface area contributed by atoms with E-state index in [2.05, 4.69) is 49.1 Å². The Kier molecular flexibility index (Phi) is 3.62. The van der Waals surface area contributed by atoms with E-state index >= 15 is 0 Å². The Hall–Kier alpha value is -1.61. The fraction of sp³-hybridized carbons (Fsp3) is 0.471. The molecule has 1 unspecified atom stereocenters. The molecule has 1 aliphatic rings. The Bertz CT molecular complexity index is 606. The van der Waals surface area contributed by atoms with Gasteiger partial charge in [-0.2, -0.15) is 0 Å². The molecular weight excluding hydrogens is 246 g/mol. The first-order valence-electron chi connectivity index (χ1n) is 7.52. The molecule has 3 nitrogen and oxygen atoms in total. The van der Waals surface area contributed by atoms with Crippen molar-refractivity contribution in [3.63, 3.8) is 0 Å². The summed E-state index contributed by atoms with van der Waals surface area (Å²) < 4.78 is 0. The van der Waals surface area contributed by atoms with Crippen LogP contribution in [0.15, 0.2) is 30.3 Å². The second kappa shape index (κ2) is 5.41. The summed E-state index contributed by atoms with van der Waals surface area (Å²) in [5.74, 6) is 2.63. The fourth-order valence-electron chi connectivity index (χ4n) is 3.10. The highest BCUT2D eigenvalue weighted by molar-refractivity contribution is 5.92. The minimum atomic E-state index is 0.499. The maximum Gasteiger partial charge on any atom is 0.136 e. The molecule has 106 valence electrons. The molecular formula is C17H23N3. The summed E-state index contributed by atoms with van der Waals surface area (Å²) in [5, 5.41) is 2.49. The van der Waals surface area contributed by atoms with Crippen LogP contribution in [0.25, 0.3) is 10.8 Å². The number of hydrogen-bond donors (Lipinski definition) is 1. The van der Waals surface area contributed by atoms with Gasteiger partial charge >= 0.3 is 0 Å². The second-order valence-electron chi connectivity index (χ2n) is 6.10. The van der Waals surface area contributed by atoms with Gasteiger partial charge in [0.1, 0.15) is 5.82 Å². The van der Waals surface area contributed by atoms with Crippen LogP contribution in [-0.4, -0.2) is 18.1 Å². The lowest BCUT2D eigenvalue weighted by molar-refractivity contribution is 0.422. The van der Waals surface area contributed by atoms with E-state index in [0.717, 1.165) is 36.4 Å². The van der Waals surface area contributed by atoms with Gasteiger partial charge in [0.15, 0.2) is 0 Å². The Morgan fingerprint density at radius 3 is 2.85 bits per heavy atom. The Labute approximate surface area is 120 Å². The van der Waals surface area contributed by atoms with Crippen molar-refractivity contribution >= 4 is 16.6 Å². The van der Waals surface area contributed by atoms with Gasteiger partial charge in [-0.1, -0.05) is 38.1 Å². The van der Waals surface area contributed by atoms with Gasteiger partial charge in [-0.3, -0.25) is 0 Å². The van der Waals surface area contributed by atoms with Crippen LogP contribution in [0.4, 0.5) is 5.82 Å². The number of nitrogens with zero attached hydrogens (tertiary/aromatic N) is 2. The molecule has 1 saturated heterocycles. The summed E-state index contributed by atoms with van der Waals surface area (Å²) in [5.41, 5.74) is 6.78. The monoisotopic (exact) mass is 269 g/mol. The molecule has 1 aliphatic heterocycles. The number of aromatic nitrogens is 1. The standard InChI is InChI=1S/C17H23N3/c1-12(2)14-7-8-20(11-14)17-16-6-4-3-5-13(16)9-15(10-18)19-17/h3-6,9,12,14H,7-8,10-11,18H2,1-2H3. The molecule has 0 spiro atoms. The number of nitrogens with two attached hydrogens (primary N) is 1. The van der Waals surface area contributed by atoms with Gasteiger partial charge < -0.3 is 10.6 Å². The van der Waals surface area contributed by atoms with Gasteiger partial charge in [0.05, 0.1) is 5.69 Å². The topological polar surface area (TPSA) is 42.2 Å². The molecule has 1 aromatic carbocycles. The van der Waals surface area contributed by atoms with Crippen molar-refractivity contribution in [2.24, 2.45) is 17.6 Å². The zero-order valence-corrected chi connectivity index (χ0v) is 12.3. The first-order chi connectivity index (χ1) is 9.69. The Morgan fingerprint density at radius 1 is 1.35 bits per heavy atom. The first-order valence-corrected chi connectivity index (χ1v) is 7.52. The van der Waals surface area contributed by atoms with E-state index < -0.39 is 0 Å². The Balaban J connectivity index is 2.02. The van der Waals surface area contributed by atoms with Crippen molar-refractivity contribution in [3.05, 3.63) is 36.0 Å². The molecule has 20 heavy (non-hydrogen) atoms. The largest absolute Gasteiger partial charge is 0.356 e. The number of fused-ring (bicyclic) bond motifs is 1. The lowest BCUT2D eigenvalue weighted by Crippen LogP contribution is -2.23. The lowest BCUT2D eigenvalue weighted by atomic mass is 9.95. The maximum atomic E-state index is 5.80. The fourth-order valence-corrected chi connectivity index (χ4v) is 3.10. The molecule has 3 heteroatoms. The van der Waals surface area contributed by atoms with E-state index in [9.17, 15) is 0 Å². The van der Waals surface area contributed by atoms with Gasteiger partial charge in [-0.25, -0.2) is 4.98 Å². The second-order valence-corrected chi connectivity index (χ2v) is 6.10. The van der Waals surface area contributed by atoms with Gasteiger partial charge in [-0.05, 0) is 29.7 Å². The third kappa shape index (κ3) is 2.38. The third-order valence-corrected chi connectivity index (χ3v) is 4.45. The molecule has 3 rings (SSSR count). The van der Waals surface area contributed by atoms with Crippen molar-refractivity contribution in [2.75, 3.05) is 18.0 Å². The quantitative estimate of drug-likeness (QED) is 0.930. The van der Waals surface area contributed by atoms with Crippen LogP contribution >= 0.6 is 0 Å². The van der Waals surface area contributed by atoms with Crippen LogP contribution in [0.1, 0.15) is 26.0 Å². The minimum Gasteiger partial charge on any atom is -0.356 e. The van der Waals surface area contributed by atoms with E-state index in [1.54, 1.807) is 0 Å². The highest BCUT2D eigenvalue weighted by Crippen LogP contribution is 2.32. The van der Waals surface area contributed by atoms with E-state index in [4.69, 9.17) is 10.7 Å². The molecule has 2 aromatic rings. The maximum absolute atomic E-state index is 5.80. The van der Waals surface area contributed by atoms with Crippen molar-refractivity contribution in [1.29, 1.82) is 0 Å². The van der Waals surface area contributed by atoms with Crippen molar-refractivity contribution in [1.82, 2.24) is 4.98 Å². The third-order valence-electron chi connectivity index (χ3n) is 4.45. The minimum absolute atomic E-state index is 0.499. The van der Waals surface area contributed by atoms with Crippen LogP contribution in [-0.2, 0) is 6.54 Å². The zero-order valence-electron chi connectivity index (χ0n) is 12.3.